The van der Waals surface area contributed by atoms with Crippen LogP contribution in [0.2, 0.25) is 0 Å². The fourth-order valence-electron chi connectivity index (χ4n) is 1.89. The Morgan fingerprint density at radius 2 is 1.88 bits per heavy atom. The molecular formula is C12H15NO3S. The third kappa shape index (κ3) is 2.85. The standard InChI is InChI=1S/C12H15NO3S/c1-10(14)11-3-2-4-12(9-11)13-5-7-17(15,16)8-6-13/h2-4,9H,5-8H2,1H3. The molecule has 0 aliphatic carbocycles. The third-order valence-corrected chi connectivity index (χ3v) is 4.57. The van der Waals surface area contributed by atoms with Gasteiger partial charge in [0.2, 0.25) is 0 Å². The van der Waals surface area contributed by atoms with Crippen molar-refractivity contribution in [2.75, 3.05) is 29.5 Å². The first-order chi connectivity index (χ1) is 7.98. The van der Waals surface area contributed by atoms with Crippen LogP contribution in [0.3, 0.4) is 0 Å². The number of hydrogen-bond donors (Lipinski definition) is 0. The molecule has 92 valence electrons. The van der Waals surface area contributed by atoms with Crippen LogP contribution in [-0.2, 0) is 9.84 Å². The fraction of sp³-hybridized carbons (Fsp3) is 0.417. The number of nitrogens with zero attached hydrogens (tertiary/aromatic N) is 1. The Hall–Kier alpha value is -1.36. The minimum atomic E-state index is -2.86. The molecule has 0 saturated carbocycles. The van der Waals surface area contributed by atoms with Crippen molar-refractivity contribution in [3.8, 4) is 0 Å². The maximum atomic E-state index is 11.3. The van der Waals surface area contributed by atoms with Crippen LogP contribution in [0.15, 0.2) is 24.3 Å². The summed E-state index contributed by atoms with van der Waals surface area (Å²) in [6.45, 7) is 2.53. The molecule has 0 N–H and O–H groups in total. The highest BCUT2D eigenvalue weighted by Gasteiger charge is 2.21. The first kappa shape index (κ1) is 12.1. The largest absolute Gasteiger partial charge is 0.369 e. The van der Waals surface area contributed by atoms with Crippen molar-refractivity contribution >= 4 is 21.3 Å². The third-order valence-electron chi connectivity index (χ3n) is 2.96. The maximum absolute atomic E-state index is 11.3. The van der Waals surface area contributed by atoms with Crippen molar-refractivity contribution in [2.24, 2.45) is 0 Å². The summed E-state index contributed by atoms with van der Waals surface area (Å²) in [5.74, 6) is 0.408. The number of ketones is 1. The number of hydrogen-bond acceptors (Lipinski definition) is 4. The molecule has 5 heteroatoms. The highest BCUT2D eigenvalue weighted by Crippen LogP contribution is 2.19. The van der Waals surface area contributed by atoms with Gasteiger partial charge in [0.1, 0.15) is 0 Å². The molecule has 1 aliphatic rings. The lowest BCUT2D eigenvalue weighted by atomic mass is 10.1. The molecule has 0 atom stereocenters. The summed E-state index contributed by atoms with van der Waals surface area (Å²) < 4.78 is 22.6. The van der Waals surface area contributed by atoms with Crippen molar-refractivity contribution in [1.29, 1.82) is 0 Å². The van der Waals surface area contributed by atoms with E-state index in [0.29, 0.717) is 18.7 Å². The van der Waals surface area contributed by atoms with Crippen LogP contribution in [0.1, 0.15) is 17.3 Å². The van der Waals surface area contributed by atoms with Crippen molar-refractivity contribution in [2.45, 2.75) is 6.92 Å². The molecule has 0 aromatic heterocycles. The normalized spacial score (nSPS) is 19.0. The van der Waals surface area contributed by atoms with Gasteiger partial charge >= 0.3 is 0 Å². The smallest absolute Gasteiger partial charge is 0.159 e. The van der Waals surface area contributed by atoms with E-state index in [9.17, 15) is 13.2 Å². The molecule has 0 bridgehead atoms. The molecular weight excluding hydrogens is 238 g/mol. The quantitative estimate of drug-likeness (QED) is 0.741. The molecule has 17 heavy (non-hydrogen) atoms. The lowest BCUT2D eigenvalue weighted by molar-refractivity contribution is 0.101. The molecule has 0 amide bonds. The average Bonchev–Trinajstić information content (AvgIpc) is 2.29. The monoisotopic (exact) mass is 253 g/mol. The molecule has 1 aromatic carbocycles. The number of benzene rings is 1. The van der Waals surface area contributed by atoms with Crippen LogP contribution in [0.4, 0.5) is 5.69 Å². The minimum absolute atomic E-state index is 0.0245. The van der Waals surface area contributed by atoms with E-state index in [1.807, 2.05) is 23.1 Å². The Balaban J connectivity index is 2.18. The number of sulfone groups is 1. The zero-order valence-electron chi connectivity index (χ0n) is 9.72. The summed E-state index contributed by atoms with van der Waals surface area (Å²) in [6.07, 6.45) is 0. The highest BCUT2D eigenvalue weighted by atomic mass is 32.2. The number of rotatable bonds is 2. The fourth-order valence-corrected chi connectivity index (χ4v) is 3.09. The van der Waals surface area contributed by atoms with Crippen molar-refractivity contribution in [3.05, 3.63) is 29.8 Å². The average molecular weight is 253 g/mol. The van der Waals surface area contributed by atoms with Crippen LogP contribution < -0.4 is 4.90 Å². The Kier molecular flexibility index (Phi) is 3.19. The van der Waals surface area contributed by atoms with E-state index >= 15 is 0 Å². The minimum Gasteiger partial charge on any atom is -0.369 e. The van der Waals surface area contributed by atoms with Crippen LogP contribution in [0, 0.1) is 0 Å². The van der Waals surface area contributed by atoms with E-state index in [2.05, 4.69) is 0 Å². The van der Waals surface area contributed by atoms with E-state index in [0.717, 1.165) is 5.69 Å². The molecule has 1 aliphatic heterocycles. The summed E-state index contributed by atoms with van der Waals surface area (Å²) in [6, 6.07) is 7.33. The van der Waals surface area contributed by atoms with Crippen molar-refractivity contribution in [3.63, 3.8) is 0 Å². The summed E-state index contributed by atoms with van der Waals surface area (Å²) in [4.78, 5) is 13.3. The van der Waals surface area contributed by atoms with Gasteiger partial charge in [0.05, 0.1) is 11.5 Å². The van der Waals surface area contributed by atoms with Crippen LogP contribution in [0.5, 0.6) is 0 Å². The molecule has 1 fully saturated rings. The van der Waals surface area contributed by atoms with E-state index in [4.69, 9.17) is 0 Å². The van der Waals surface area contributed by atoms with E-state index < -0.39 is 9.84 Å². The first-order valence-corrected chi connectivity index (χ1v) is 7.36. The number of Topliss-reactive ketones (excluding diaryl/α,β-unsaturated/α-hetero) is 1. The Labute approximate surface area is 101 Å². The second kappa shape index (κ2) is 4.49. The predicted molar refractivity (Wildman–Crippen MR) is 67.3 cm³/mol. The number of carbonyl (C=O) groups is 1. The van der Waals surface area contributed by atoms with Gasteiger partial charge in [-0.25, -0.2) is 8.42 Å². The zero-order chi connectivity index (χ0) is 12.5. The van der Waals surface area contributed by atoms with Gasteiger partial charge in [-0.15, -0.1) is 0 Å². The lowest BCUT2D eigenvalue weighted by Gasteiger charge is -2.28. The van der Waals surface area contributed by atoms with Gasteiger partial charge in [-0.3, -0.25) is 4.79 Å². The maximum Gasteiger partial charge on any atom is 0.159 e. The van der Waals surface area contributed by atoms with Gasteiger partial charge in [-0.05, 0) is 19.1 Å². The van der Waals surface area contributed by atoms with Crippen molar-refractivity contribution in [1.82, 2.24) is 0 Å². The van der Waals surface area contributed by atoms with Gasteiger partial charge in [-0.2, -0.15) is 0 Å². The summed E-state index contributed by atoms with van der Waals surface area (Å²) in [7, 11) is -2.86. The van der Waals surface area contributed by atoms with Crippen LogP contribution >= 0.6 is 0 Å². The van der Waals surface area contributed by atoms with E-state index in [1.165, 1.54) is 6.92 Å². The SMILES string of the molecule is CC(=O)c1cccc(N2CCS(=O)(=O)CC2)c1. The summed E-state index contributed by atoms with van der Waals surface area (Å²) in [5, 5.41) is 0. The topological polar surface area (TPSA) is 54.5 Å². The highest BCUT2D eigenvalue weighted by molar-refractivity contribution is 7.91. The Morgan fingerprint density at radius 1 is 1.24 bits per heavy atom. The molecule has 0 radical (unpaired) electrons. The van der Waals surface area contributed by atoms with Gasteiger partial charge in [-0.1, -0.05) is 12.1 Å². The summed E-state index contributed by atoms with van der Waals surface area (Å²) >= 11 is 0. The molecule has 1 heterocycles. The Bertz CT molecular complexity index is 522. The van der Waals surface area contributed by atoms with Gasteiger partial charge in [0, 0.05) is 24.3 Å². The Morgan fingerprint density at radius 3 is 2.47 bits per heavy atom. The zero-order valence-corrected chi connectivity index (χ0v) is 10.5. The number of anilines is 1. The number of carbonyl (C=O) groups excluding carboxylic acids is 1. The van der Waals surface area contributed by atoms with Gasteiger partial charge < -0.3 is 4.90 Å². The second-order valence-electron chi connectivity index (χ2n) is 4.25. The van der Waals surface area contributed by atoms with Crippen molar-refractivity contribution < 1.29 is 13.2 Å². The van der Waals surface area contributed by atoms with E-state index in [1.54, 1.807) is 6.07 Å². The summed E-state index contributed by atoms with van der Waals surface area (Å²) in [5.41, 5.74) is 1.59. The second-order valence-corrected chi connectivity index (χ2v) is 6.55. The molecule has 1 aromatic rings. The molecule has 0 unspecified atom stereocenters. The van der Waals surface area contributed by atoms with Gasteiger partial charge in [0.25, 0.3) is 0 Å². The van der Waals surface area contributed by atoms with E-state index in [-0.39, 0.29) is 17.3 Å². The lowest BCUT2D eigenvalue weighted by Crippen LogP contribution is -2.40. The first-order valence-electron chi connectivity index (χ1n) is 5.54. The molecule has 0 spiro atoms. The molecule has 4 nitrogen and oxygen atoms in total. The van der Waals surface area contributed by atoms with Crippen LogP contribution in [-0.4, -0.2) is 38.8 Å². The molecule has 1 saturated heterocycles. The predicted octanol–water partition coefficient (Wildman–Crippen LogP) is 1.12. The van der Waals surface area contributed by atoms with Gasteiger partial charge in [0.15, 0.2) is 15.6 Å². The molecule has 2 rings (SSSR count). The van der Waals surface area contributed by atoms with Crippen LogP contribution in [0.25, 0.3) is 0 Å².